The van der Waals surface area contributed by atoms with Crippen LogP contribution in [0.5, 0.6) is 0 Å². The molecule has 1 heterocycles. The molecule has 1 aromatic rings. The lowest BCUT2D eigenvalue weighted by molar-refractivity contribution is -0.112. The van der Waals surface area contributed by atoms with E-state index in [1.54, 1.807) is 13.0 Å². The van der Waals surface area contributed by atoms with E-state index in [-0.39, 0.29) is 11.3 Å². The minimum absolute atomic E-state index is 0.0871. The number of hydrogen-bond acceptors (Lipinski definition) is 2. The molecule has 0 fully saturated rings. The standard InChI is InChI=1S/C17H23NO/c1-12-11-17(3,4)18(5)16-9-8-14(10-15(12)16)7-6-13(2)19/h6-10,12H,11H2,1-5H3. The highest BCUT2D eigenvalue weighted by atomic mass is 16.1. The SMILES string of the molecule is CC(=O)C=Cc1ccc2c(c1)C(C)CC(C)(C)N2C. The second-order valence-electron chi connectivity index (χ2n) is 6.24. The summed E-state index contributed by atoms with van der Waals surface area (Å²) in [5, 5.41) is 0. The third-order valence-corrected chi connectivity index (χ3v) is 4.17. The highest BCUT2D eigenvalue weighted by Gasteiger charge is 2.33. The Morgan fingerprint density at radius 3 is 2.74 bits per heavy atom. The summed E-state index contributed by atoms with van der Waals surface area (Å²) in [7, 11) is 2.16. The van der Waals surface area contributed by atoms with Gasteiger partial charge in [-0.2, -0.15) is 0 Å². The molecule has 0 saturated heterocycles. The number of nitrogens with zero attached hydrogens (tertiary/aromatic N) is 1. The van der Waals surface area contributed by atoms with E-state index in [0.717, 1.165) is 12.0 Å². The fourth-order valence-electron chi connectivity index (χ4n) is 2.91. The van der Waals surface area contributed by atoms with Gasteiger partial charge in [0.25, 0.3) is 0 Å². The monoisotopic (exact) mass is 257 g/mol. The van der Waals surface area contributed by atoms with Crippen LogP contribution in [0.15, 0.2) is 24.3 Å². The predicted molar refractivity (Wildman–Crippen MR) is 81.7 cm³/mol. The van der Waals surface area contributed by atoms with Crippen LogP contribution in [0, 0.1) is 0 Å². The van der Waals surface area contributed by atoms with Crippen molar-refractivity contribution in [1.29, 1.82) is 0 Å². The van der Waals surface area contributed by atoms with Gasteiger partial charge in [0.1, 0.15) is 0 Å². The van der Waals surface area contributed by atoms with Crippen LogP contribution >= 0.6 is 0 Å². The van der Waals surface area contributed by atoms with Crippen molar-refractivity contribution in [1.82, 2.24) is 0 Å². The van der Waals surface area contributed by atoms with Gasteiger partial charge in [-0.15, -0.1) is 0 Å². The van der Waals surface area contributed by atoms with Crippen LogP contribution in [-0.4, -0.2) is 18.4 Å². The largest absolute Gasteiger partial charge is 0.369 e. The number of anilines is 1. The topological polar surface area (TPSA) is 20.3 Å². The molecule has 0 radical (unpaired) electrons. The Morgan fingerprint density at radius 1 is 1.42 bits per heavy atom. The number of carbonyl (C=O) groups excluding carboxylic acids is 1. The number of fused-ring (bicyclic) bond motifs is 1. The molecule has 1 aliphatic rings. The van der Waals surface area contributed by atoms with Gasteiger partial charge in [0.05, 0.1) is 0 Å². The Balaban J connectivity index is 2.41. The van der Waals surface area contributed by atoms with Crippen LogP contribution in [0.3, 0.4) is 0 Å². The Bertz CT molecular complexity index is 528. The maximum atomic E-state index is 11.0. The Labute approximate surface area is 116 Å². The third kappa shape index (κ3) is 2.73. The Hall–Kier alpha value is -1.57. The first-order valence-electron chi connectivity index (χ1n) is 6.88. The number of ketones is 1. The molecule has 19 heavy (non-hydrogen) atoms. The van der Waals surface area contributed by atoms with E-state index in [9.17, 15) is 4.79 Å². The first-order chi connectivity index (χ1) is 8.81. The summed E-state index contributed by atoms with van der Waals surface area (Å²) in [6.45, 7) is 8.44. The van der Waals surface area contributed by atoms with Gasteiger partial charge in [0, 0.05) is 18.3 Å². The van der Waals surface area contributed by atoms with Crippen molar-refractivity contribution in [3.05, 3.63) is 35.4 Å². The molecule has 2 heteroatoms. The predicted octanol–water partition coefficient (Wildman–Crippen LogP) is 4.01. The van der Waals surface area contributed by atoms with Crippen LogP contribution in [0.25, 0.3) is 6.08 Å². The van der Waals surface area contributed by atoms with Gasteiger partial charge in [-0.1, -0.05) is 19.1 Å². The average Bonchev–Trinajstić information content (AvgIpc) is 2.33. The van der Waals surface area contributed by atoms with Crippen LogP contribution in [0.4, 0.5) is 5.69 Å². The summed E-state index contributed by atoms with van der Waals surface area (Å²) < 4.78 is 0. The Morgan fingerprint density at radius 2 is 2.11 bits per heavy atom. The minimum Gasteiger partial charge on any atom is -0.369 e. The summed E-state index contributed by atoms with van der Waals surface area (Å²) in [5.74, 6) is 0.635. The third-order valence-electron chi connectivity index (χ3n) is 4.17. The first kappa shape index (κ1) is 13.9. The van der Waals surface area contributed by atoms with Gasteiger partial charge >= 0.3 is 0 Å². The van der Waals surface area contributed by atoms with E-state index in [2.05, 4.69) is 50.9 Å². The fourth-order valence-corrected chi connectivity index (χ4v) is 2.91. The molecular weight excluding hydrogens is 234 g/mol. The summed E-state index contributed by atoms with van der Waals surface area (Å²) in [5.41, 5.74) is 3.99. The molecule has 0 aromatic heterocycles. The number of carbonyl (C=O) groups is 1. The molecular formula is C17H23NO. The minimum atomic E-state index is 0.0871. The van der Waals surface area contributed by atoms with E-state index in [1.807, 2.05) is 6.08 Å². The zero-order chi connectivity index (χ0) is 14.2. The van der Waals surface area contributed by atoms with Gasteiger partial charge in [0.2, 0.25) is 0 Å². The van der Waals surface area contributed by atoms with Gasteiger partial charge in [0.15, 0.2) is 5.78 Å². The molecule has 1 atom stereocenters. The molecule has 0 saturated carbocycles. The number of allylic oxidation sites excluding steroid dienone is 1. The quantitative estimate of drug-likeness (QED) is 0.746. The first-order valence-corrected chi connectivity index (χ1v) is 6.88. The van der Waals surface area contributed by atoms with E-state index in [0.29, 0.717) is 5.92 Å². The van der Waals surface area contributed by atoms with Crippen molar-refractivity contribution >= 4 is 17.5 Å². The number of hydrogen-bond donors (Lipinski definition) is 0. The summed E-state index contributed by atoms with van der Waals surface area (Å²) >= 11 is 0. The molecule has 0 bridgehead atoms. The van der Waals surface area contributed by atoms with Gasteiger partial charge < -0.3 is 4.90 Å². The van der Waals surface area contributed by atoms with E-state index in [4.69, 9.17) is 0 Å². The van der Waals surface area contributed by atoms with Crippen molar-refractivity contribution in [3.8, 4) is 0 Å². The normalized spacial score (nSPS) is 21.5. The highest BCUT2D eigenvalue weighted by molar-refractivity contribution is 5.91. The van der Waals surface area contributed by atoms with Gasteiger partial charge in [-0.3, -0.25) is 4.79 Å². The van der Waals surface area contributed by atoms with Crippen LogP contribution < -0.4 is 4.90 Å². The van der Waals surface area contributed by atoms with Crippen LogP contribution in [0.1, 0.15) is 51.2 Å². The number of rotatable bonds is 2. The molecule has 2 nitrogen and oxygen atoms in total. The van der Waals surface area contributed by atoms with Crippen LogP contribution in [0.2, 0.25) is 0 Å². The summed E-state index contributed by atoms with van der Waals surface area (Å²) in [4.78, 5) is 13.4. The van der Waals surface area contributed by atoms with Crippen molar-refractivity contribution < 1.29 is 4.79 Å². The summed E-state index contributed by atoms with van der Waals surface area (Å²) in [6.07, 6.45) is 4.67. The summed E-state index contributed by atoms with van der Waals surface area (Å²) in [6, 6.07) is 6.47. The molecule has 0 spiro atoms. The maximum absolute atomic E-state index is 11.0. The fraction of sp³-hybridized carbons (Fsp3) is 0.471. The van der Waals surface area contributed by atoms with Gasteiger partial charge in [-0.05, 0) is 62.4 Å². The lowest BCUT2D eigenvalue weighted by atomic mass is 9.80. The van der Waals surface area contributed by atoms with E-state index < -0.39 is 0 Å². The van der Waals surface area contributed by atoms with Crippen molar-refractivity contribution in [2.75, 3.05) is 11.9 Å². The van der Waals surface area contributed by atoms with Gasteiger partial charge in [-0.25, -0.2) is 0 Å². The molecule has 1 aromatic carbocycles. The molecule has 1 aliphatic heterocycles. The average molecular weight is 257 g/mol. The van der Waals surface area contributed by atoms with Crippen molar-refractivity contribution in [2.24, 2.45) is 0 Å². The van der Waals surface area contributed by atoms with Crippen molar-refractivity contribution in [2.45, 2.75) is 45.6 Å². The van der Waals surface area contributed by atoms with Crippen molar-refractivity contribution in [3.63, 3.8) is 0 Å². The molecule has 0 N–H and O–H groups in total. The molecule has 1 unspecified atom stereocenters. The molecule has 102 valence electrons. The molecule has 2 rings (SSSR count). The smallest absolute Gasteiger partial charge is 0.152 e. The second kappa shape index (κ2) is 4.84. The zero-order valence-corrected chi connectivity index (χ0v) is 12.5. The molecule has 0 aliphatic carbocycles. The highest BCUT2D eigenvalue weighted by Crippen LogP contribution is 2.42. The van der Waals surface area contributed by atoms with E-state index in [1.165, 1.54) is 11.3 Å². The lowest BCUT2D eigenvalue weighted by Crippen LogP contribution is -2.45. The number of benzene rings is 1. The zero-order valence-electron chi connectivity index (χ0n) is 12.5. The Kier molecular flexibility index (Phi) is 3.53. The lowest BCUT2D eigenvalue weighted by Gasteiger charge is -2.45. The maximum Gasteiger partial charge on any atom is 0.152 e. The second-order valence-corrected chi connectivity index (χ2v) is 6.24. The van der Waals surface area contributed by atoms with E-state index >= 15 is 0 Å². The molecule has 0 amide bonds. The van der Waals surface area contributed by atoms with Crippen LogP contribution in [-0.2, 0) is 4.79 Å².